The Morgan fingerprint density at radius 3 is 2.53 bits per heavy atom. The summed E-state index contributed by atoms with van der Waals surface area (Å²) in [5.74, 6) is 0. The van der Waals surface area contributed by atoms with Crippen molar-refractivity contribution in [2.75, 3.05) is 0 Å². The quantitative estimate of drug-likeness (QED) is 0.768. The van der Waals surface area contributed by atoms with Crippen LogP contribution in [-0.2, 0) is 0 Å². The van der Waals surface area contributed by atoms with Crippen LogP contribution in [0.15, 0.2) is 33.6 Å². The molecule has 2 nitrogen and oxygen atoms in total. The van der Waals surface area contributed by atoms with Gasteiger partial charge in [-0.15, -0.1) is 11.8 Å². The van der Waals surface area contributed by atoms with E-state index in [1.54, 1.807) is 11.8 Å². The second-order valence-corrected chi connectivity index (χ2v) is 7.64. The fourth-order valence-electron chi connectivity index (χ4n) is 2.15. The molecule has 0 saturated carbocycles. The molecular weight excluding hydrogens is 320 g/mol. The first kappa shape index (κ1) is 16.6. The van der Waals surface area contributed by atoms with E-state index in [2.05, 4.69) is 54.2 Å². The standard InChI is InChI=1S/C15H21BrN2S/c1-11(2)18-15(4,10-17)9-12(3)19-14-8-6-5-7-13(14)16/h5-8,11-12,18H,9H2,1-4H3. The van der Waals surface area contributed by atoms with Crippen LogP contribution < -0.4 is 5.32 Å². The van der Waals surface area contributed by atoms with Crippen LogP contribution in [0.4, 0.5) is 0 Å². The van der Waals surface area contributed by atoms with Gasteiger partial charge in [-0.3, -0.25) is 5.32 Å². The van der Waals surface area contributed by atoms with Crippen molar-refractivity contribution in [3.8, 4) is 6.07 Å². The summed E-state index contributed by atoms with van der Waals surface area (Å²) >= 11 is 5.36. The molecule has 0 aliphatic rings. The number of rotatable bonds is 6. The zero-order chi connectivity index (χ0) is 14.5. The van der Waals surface area contributed by atoms with Crippen molar-refractivity contribution in [1.82, 2.24) is 5.32 Å². The van der Waals surface area contributed by atoms with E-state index in [-0.39, 0.29) is 0 Å². The summed E-state index contributed by atoms with van der Waals surface area (Å²) in [5.41, 5.74) is -0.470. The lowest BCUT2D eigenvalue weighted by molar-refractivity contribution is 0.382. The molecule has 2 atom stereocenters. The van der Waals surface area contributed by atoms with E-state index in [0.29, 0.717) is 11.3 Å². The Morgan fingerprint density at radius 2 is 2.00 bits per heavy atom. The number of thioether (sulfide) groups is 1. The van der Waals surface area contributed by atoms with Crippen LogP contribution in [0.25, 0.3) is 0 Å². The molecule has 0 heterocycles. The molecule has 0 spiro atoms. The highest BCUT2D eigenvalue weighted by Crippen LogP contribution is 2.33. The lowest BCUT2D eigenvalue weighted by Crippen LogP contribution is -2.46. The molecule has 1 rings (SSSR count). The van der Waals surface area contributed by atoms with Crippen LogP contribution in [-0.4, -0.2) is 16.8 Å². The average Bonchev–Trinajstić information content (AvgIpc) is 2.31. The van der Waals surface area contributed by atoms with E-state index in [1.165, 1.54) is 4.90 Å². The van der Waals surface area contributed by atoms with Crippen molar-refractivity contribution in [2.45, 2.75) is 55.8 Å². The molecule has 19 heavy (non-hydrogen) atoms. The molecule has 0 aromatic heterocycles. The maximum Gasteiger partial charge on any atom is 0.105 e. The normalized spacial score (nSPS) is 15.8. The third-order valence-electron chi connectivity index (χ3n) is 2.71. The molecule has 0 aliphatic heterocycles. The number of benzene rings is 1. The summed E-state index contributed by atoms with van der Waals surface area (Å²) in [6, 6.07) is 10.9. The van der Waals surface area contributed by atoms with E-state index < -0.39 is 5.54 Å². The Hall–Kier alpha value is -0.500. The number of nitrogens with one attached hydrogen (secondary N) is 1. The van der Waals surface area contributed by atoms with Crippen LogP contribution in [0.5, 0.6) is 0 Å². The average molecular weight is 341 g/mol. The summed E-state index contributed by atoms with van der Waals surface area (Å²) in [5, 5.41) is 13.1. The minimum Gasteiger partial charge on any atom is -0.297 e. The molecule has 0 saturated heterocycles. The van der Waals surface area contributed by atoms with Gasteiger partial charge in [0.05, 0.1) is 6.07 Å². The van der Waals surface area contributed by atoms with Crippen LogP contribution in [0.2, 0.25) is 0 Å². The lowest BCUT2D eigenvalue weighted by atomic mass is 9.97. The molecule has 0 aliphatic carbocycles. The van der Waals surface area contributed by atoms with Gasteiger partial charge in [0.25, 0.3) is 0 Å². The molecule has 0 amide bonds. The van der Waals surface area contributed by atoms with Crippen LogP contribution in [0.3, 0.4) is 0 Å². The van der Waals surface area contributed by atoms with Gasteiger partial charge in [0, 0.05) is 20.7 Å². The van der Waals surface area contributed by atoms with Crippen LogP contribution >= 0.6 is 27.7 Å². The minimum absolute atomic E-state index is 0.310. The third-order valence-corrected chi connectivity index (χ3v) is 4.85. The Kier molecular flexibility index (Phi) is 6.38. The zero-order valence-electron chi connectivity index (χ0n) is 11.9. The Labute approximate surface area is 129 Å². The monoisotopic (exact) mass is 340 g/mol. The largest absolute Gasteiger partial charge is 0.297 e. The van der Waals surface area contributed by atoms with Crippen molar-refractivity contribution in [2.24, 2.45) is 0 Å². The molecule has 0 fully saturated rings. The first-order valence-corrected chi connectivity index (χ1v) is 8.13. The number of hydrogen-bond donors (Lipinski definition) is 1. The number of nitrogens with zero attached hydrogens (tertiary/aromatic N) is 1. The summed E-state index contributed by atoms with van der Waals surface area (Å²) in [4.78, 5) is 1.22. The van der Waals surface area contributed by atoms with Gasteiger partial charge >= 0.3 is 0 Å². The van der Waals surface area contributed by atoms with Crippen molar-refractivity contribution in [3.63, 3.8) is 0 Å². The van der Waals surface area contributed by atoms with Gasteiger partial charge in [0.1, 0.15) is 5.54 Å². The minimum atomic E-state index is -0.470. The fraction of sp³-hybridized carbons (Fsp3) is 0.533. The lowest BCUT2D eigenvalue weighted by Gasteiger charge is -2.28. The van der Waals surface area contributed by atoms with Gasteiger partial charge < -0.3 is 0 Å². The van der Waals surface area contributed by atoms with E-state index >= 15 is 0 Å². The molecule has 4 heteroatoms. The molecule has 104 valence electrons. The fourth-order valence-corrected chi connectivity index (χ4v) is 3.90. The first-order valence-electron chi connectivity index (χ1n) is 6.46. The van der Waals surface area contributed by atoms with E-state index in [9.17, 15) is 5.26 Å². The van der Waals surface area contributed by atoms with Gasteiger partial charge in [-0.1, -0.05) is 19.1 Å². The summed E-state index contributed by atoms with van der Waals surface area (Å²) in [6.45, 7) is 8.29. The number of halogens is 1. The van der Waals surface area contributed by atoms with Crippen molar-refractivity contribution in [3.05, 3.63) is 28.7 Å². The van der Waals surface area contributed by atoms with E-state index in [0.717, 1.165) is 10.9 Å². The maximum absolute atomic E-state index is 9.37. The first-order chi connectivity index (χ1) is 8.86. The van der Waals surface area contributed by atoms with E-state index in [1.807, 2.05) is 25.1 Å². The molecule has 2 unspecified atom stereocenters. The smallest absolute Gasteiger partial charge is 0.105 e. The van der Waals surface area contributed by atoms with Crippen molar-refractivity contribution >= 4 is 27.7 Å². The van der Waals surface area contributed by atoms with Crippen LogP contribution in [0.1, 0.15) is 34.1 Å². The highest BCUT2D eigenvalue weighted by atomic mass is 79.9. The van der Waals surface area contributed by atoms with Crippen molar-refractivity contribution < 1.29 is 0 Å². The van der Waals surface area contributed by atoms with Gasteiger partial charge in [0.15, 0.2) is 0 Å². The number of hydrogen-bond acceptors (Lipinski definition) is 3. The SMILES string of the molecule is CC(C)NC(C)(C#N)CC(C)Sc1ccccc1Br. The Morgan fingerprint density at radius 1 is 1.37 bits per heavy atom. The highest BCUT2D eigenvalue weighted by molar-refractivity contribution is 9.10. The maximum atomic E-state index is 9.37. The molecule has 0 radical (unpaired) electrons. The topological polar surface area (TPSA) is 35.8 Å². The van der Waals surface area contributed by atoms with Gasteiger partial charge in [0.2, 0.25) is 0 Å². The Bertz CT molecular complexity index is 456. The number of nitriles is 1. The molecule has 1 N–H and O–H groups in total. The Balaban J connectivity index is 2.67. The highest BCUT2D eigenvalue weighted by Gasteiger charge is 2.27. The predicted molar refractivity (Wildman–Crippen MR) is 86.4 cm³/mol. The zero-order valence-corrected chi connectivity index (χ0v) is 14.3. The van der Waals surface area contributed by atoms with Crippen molar-refractivity contribution in [1.29, 1.82) is 5.26 Å². The van der Waals surface area contributed by atoms with Gasteiger partial charge in [-0.2, -0.15) is 5.26 Å². The second kappa shape index (κ2) is 7.33. The second-order valence-electron chi connectivity index (χ2n) is 5.31. The summed E-state index contributed by atoms with van der Waals surface area (Å²) < 4.78 is 1.11. The molecule has 0 bridgehead atoms. The molecular formula is C15H21BrN2S. The summed E-state index contributed by atoms with van der Waals surface area (Å²) in [7, 11) is 0. The predicted octanol–water partition coefficient (Wildman–Crippen LogP) is 4.60. The summed E-state index contributed by atoms with van der Waals surface area (Å²) in [6.07, 6.45) is 0.813. The van der Waals surface area contributed by atoms with Gasteiger partial charge in [-0.25, -0.2) is 0 Å². The van der Waals surface area contributed by atoms with Crippen LogP contribution in [0, 0.1) is 11.3 Å². The van der Waals surface area contributed by atoms with Gasteiger partial charge in [-0.05, 0) is 55.3 Å². The molecule has 1 aromatic rings. The third kappa shape index (κ3) is 5.56. The molecule has 1 aromatic carbocycles. The van der Waals surface area contributed by atoms with E-state index in [4.69, 9.17) is 0 Å².